The van der Waals surface area contributed by atoms with E-state index in [0.29, 0.717) is 11.8 Å². The molecule has 2 fully saturated rings. The average molecular weight is 282 g/mol. The van der Waals surface area contributed by atoms with E-state index < -0.39 is 0 Å². The molecular weight excluding hydrogens is 252 g/mol. The summed E-state index contributed by atoms with van der Waals surface area (Å²) in [6.07, 6.45) is 4.14. The van der Waals surface area contributed by atoms with Gasteiger partial charge < -0.3 is 15.8 Å². The van der Waals surface area contributed by atoms with Gasteiger partial charge in [-0.15, -0.1) is 0 Å². The molecule has 3 N–H and O–H groups in total. The summed E-state index contributed by atoms with van der Waals surface area (Å²) in [7, 11) is 0. The largest absolute Gasteiger partial charge is 0.381 e. The summed E-state index contributed by atoms with van der Waals surface area (Å²) >= 11 is 0. The predicted molar refractivity (Wildman–Crippen MR) is 80.2 cm³/mol. The maximum atomic E-state index is 12.5. The maximum Gasteiger partial charge on any atom is 0.223 e. The summed E-state index contributed by atoms with van der Waals surface area (Å²) in [5, 5.41) is 3.15. The molecule has 0 aromatic rings. The SMILES string of the molecule is CC1C(N)CCC(C(=O)NCC2CCCOC2)C1(C)C. The van der Waals surface area contributed by atoms with Crippen molar-refractivity contribution in [3.63, 3.8) is 0 Å². The number of rotatable bonds is 3. The third-order valence-corrected chi connectivity index (χ3v) is 5.64. The van der Waals surface area contributed by atoms with Gasteiger partial charge in [-0.1, -0.05) is 20.8 Å². The lowest BCUT2D eigenvalue weighted by Gasteiger charge is -2.46. The molecule has 4 atom stereocenters. The van der Waals surface area contributed by atoms with Crippen LogP contribution in [0, 0.1) is 23.2 Å². The first-order valence-corrected chi connectivity index (χ1v) is 8.04. The first-order valence-electron chi connectivity index (χ1n) is 8.04. The molecule has 1 saturated heterocycles. The minimum atomic E-state index is -0.0230. The Bertz CT molecular complexity index is 337. The number of carbonyl (C=O) groups is 1. The highest BCUT2D eigenvalue weighted by Crippen LogP contribution is 2.44. The molecule has 1 amide bonds. The third-order valence-electron chi connectivity index (χ3n) is 5.64. The molecule has 1 saturated carbocycles. The molecule has 4 unspecified atom stereocenters. The highest BCUT2D eigenvalue weighted by Gasteiger charge is 2.44. The predicted octanol–water partition coefficient (Wildman–Crippen LogP) is 1.93. The van der Waals surface area contributed by atoms with E-state index in [9.17, 15) is 4.79 Å². The molecule has 1 heterocycles. The molecule has 0 radical (unpaired) electrons. The van der Waals surface area contributed by atoms with Crippen LogP contribution in [0.2, 0.25) is 0 Å². The van der Waals surface area contributed by atoms with Crippen molar-refractivity contribution in [1.82, 2.24) is 5.32 Å². The number of carbonyl (C=O) groups excluding carboxylic acids is 1. The lowest BCUT2D eigenvalue weighted by atomic mass is 9.61. The van der Waals surface area contributed by atoms with Gasteiger partial charge in [0.2, 0.25) is 5.91 Å². The van der Waals surface area contributed by atoms with Gasteiger partial charge in [0.15, 0.2) is 0 Å². The van der Waals surface area contributed by atoms with Gasteiger partial charge >= 0.3 is 0 Å². The molecular formula is C16H30N2O2. The number of amides is 1. The van der Waals surface area contributed by atoms with E-state index in [0.717, 1.165) is 45.4 Å². The van der Waals surface area contributed by atoms with E-state index in [1.165, 1.54) is 0 Å². The third kappa shape index (κ3) is 3.34. The molecule has 4 heteroatoms. The van der Waals surface area contributed by atoms with Crippen LogP contribution in [-0.4, -0.2) is 31.7 Å². The first-order chi connectivity index (χ1) is 9.43. The smallest absolute Gasteiger partial charge is 0.223 e. The molecule has 0 bridgehead atoms. The average Bonchev–Trinajstić information content (AvgIpc) is 2.43. The van der Waals surface area contributed by atoms with Crippen LogP contribution in [0.15, 0.2) is 0 Å². The van der Waals surface area contributed by atoms with Crippen molar-refractivity contribution in [3.05, 3.63) is 0 Å². The number of ether oxygens (including phenoxy) is 1. The Morgan fingerprint density at radius 1 is 1.35 bits per heavy atom. The monoisotopic (exact) mass is 282 g/mol. The van der Waals surface area contributed by atoms with Gasteiger partial charge in [-0.3, -0.25) is 4.79 Å². The maximum absolute atomic E-state index is 12.5. The zero-order valence-electron chi connectivity index (χ0n) is 13.2. The molecule has 2 rings (SSSR count). The summed E-state index contributed by atoms with van der Waals surface area (Å²) in [6.45, 7) is 8.96. The fourth-order valence-corrected chi connectivity index (χ4v) is 3.66. The molecule has 0 aromatic heterocycles. The number of nitrogens with one attached hydrogen (secondary N) is 1. The molecule has 4 nitrogen and oxygen atoms in total. The van der Waals surface area contributed by atoms with E-state index in [1.54, 1.807) is 0 Å². The molecule has 1 aliphatic heterocycles. The minimum Gasteiger partial charge on any atom is -0.381 e. The fraction of sp³-hybridized carbons (Fsp3) is 0.938. The normalized spacial score (nSPS) is 37.4. The summed E-state index contributed by atoms with van der Waals surface area (Å²) in [5.41, 5.74) is 6.14. The van der Waals surface area contributed by atoms with Crippen molar-refractivity contribution in [2.75, 3.05) is 19.8 Å². The van der Waals surface area contributed by atoms with Gasteiger partial charge in [0.05, 0.1) is 6.61 Å². The van der Waals surface area contributed by atoms with Crippen LogP contribution < -0.4 is 11.1 Å². The van der Waals surface area contributed by atoms with E-state index in [1.807, 2.05) is 0 Å². The van der Waals surface area contributed by atoms with Crippen LogP contribution in [0.3, 0.4) is 0 Å². The van der Waals surface area contributed by atoms with E-state index in [2.05, 4.69) is 26.1 Å². The van der Waals surface area contributed by atoms with Gasteiger partial charge in [-0.05, 0) is 42.9 Å². The van der Waals surface area contributed by atoms with Crippen molar-refractivity contribution in [2.24, 2.45) is 28.9 Å². The first kappa shape index (κ1) is 15.8. The topological polar surface area (TPSA) is 64.4 Å². The van der Waals surface area contributed by atoms with E-state index >= 15 is 0 Å². The summed E-state index contributed by atoms with van der Waals surface area (Å²) in [4.78, 5) is 12.5. The Labute approximate surface area is 122 Å². The molecule has 116 valence electrons. The van der Waals surface area contributed by atoms with E-state index in [4.69, 9.17) is 10.5 Å². The van der Waals surface area contributed by atoms with Crippen LogP contribution in [0.4, 0.5) is 0 Å². The minimum absolute atomic E-state index is 0.0230. The molecule has 0 aromatic carbocycles. The van der Waals surface area contributed by atoms with Gasteiger partial charge in [-0.2, -0.15) is 0 Å². The second kappa shape index (κ2) is 6.44. The quantitative estimate of drug-likeness (QED) is 0.831. The second-order valence-corrected chi connectivity index (χ2v) is 7.23. The Kier molecular flexibility index (Phi) is 5.08. The van der Waals surface area contributed by atoms with Gasteiger partial charge in [0.25, 0.3) is 0 Å². The zero-order valence-corrected chi connectivity index (χ0v) is 13.2. The number of hydrogen-bond donors (Lipinski definition) is 2. The zero-order chi connectivity index (χ0) is 14.8. The van der Waals surface area contributed by atoms with Gasteiger partial charge in [-0.25, -0.2) is 0 Å². The van der Waals surface area contributed by atoms with E-state index in [-0.39, 0.29) is 23.3 Å². The van der Waals surface area contributed by atoms with Crippen molar-refractivity contribution < 1.29 is 9.53 Å². The van der Waals surface area contributed by atoms with Crippen LogP contribution in [0.1, 0.15) is 46.5 Å². The van der Waals surface area contributed by atoms with Gasteiger partial charge in [0, 0.05) is 25.1 Å². The molecule has 2 aliphatic rings. The van der Waals surface area contributed by atoms with Crippen LogP contribution >= 0.6 is 0 Å². The fourth-order valence-electron chi connectivity index (χ4n) is 3.66. The number of hydrogen-bond acceptors (Lipinski definition) is 3. The lowest BCUT2D eigenvalue weighted by molar-refractivity contribution is -0.132. The molecule has 0 spiro atoms. The Hall–Kier alpha value is -0.610. The Morgan fingerprint density at radius 2 is 2.10 bits per heavy atom. The van der Waals surface area contributed by atoms with Crippen LogP contribution in [0.5, 0.6) is 0 Å². The van der Waals surface area contributed by atoms with Crippen molar-refractivity contribution in [2.45, 2.75) is 52.5 Å². The highest BCUT2D eigenvalue weighted by molar-refractivity contribution is 5.79. The van der Waals surface area contributed by atoms with Crippen molar-refractivity contribution in [3.8, 4) is 0 Å². The van der Waals surface area contributed by atoms with Crippen LogP contribution in [-0.2, 0) is 9.53 Å². The number of nitrogens with two attached hydrogens (primary N) is 1. The van der Waals surface area contributed by atoms with Crippen molar-refractivity contribution in [1.29, 1.82) is 0 Å². The highest BCUT2D eigenvalue weighted by atomic mass is 16.5. The molecule has 20 heavy (non-hydrogen) atoms. The molecule has 1 aliphatic carbocycles. The van der Waals surface area contributed by atoms with Crippen molar-refractivity contribution >= 4 is 5.91 Å². The standard InChI is InChI=1S/C16H30N2O2/c1-11-14(17)7-6-13(16(11,2)3)15(19)18-9-12-5-4-8-20-10-12/h11-14H,4-10,17H2,1-3H3,(H,18,19). The summed E-state index contributed by atoms with van der Waals surface area (Å²) < 4.78 is 5.46. The Balaban J connectivity index is 1.88. The van der Waals surface area contributed by atoms with Crippen LogP contribution in [0.25, 0.3) is 0 Å². The summed E-state index contributed by atoms with van der Waals surface area (Å²) in [5.74, 6) is 1.16. The Morgan fingerprint density at radius 3 is 2.75 bits per heavy atom. The second-order valence-electron chi connectivity index (χ2n) is 7.23. The summed E-state index contributed by atoms with van der Waals surface area (Å²) in [6, 6.07) is 0.223. The van der Waals surface area contributed by atoms with Gasteiger partial charge in [0.1, 0.15) is 0 Å². The lowest BCUT2D eigenvalue weighted by Crippen LogP contribution is -2.52.